The summed E-state index contributed by atoms with van der Waals surface area (Å²) in [7, 11) is 0. The van der Waals surface area contributed by atoms with E-state index in [0.717, 1.165) is 11.4 Å². The molecule has 1 rings (SSSR count). The van der Waals surface area contributed by atoms with E-state index in [1.165, 1.54) is 11.1 Å². The van der Waals surface area contributed by atoms with E-state index in [2.05, 4.69) is 33.8 Å². The summed E-state index contributed by atoms with van der Waals surface area (Å²) < 4.78 is 0. The van der Waals surface area contributed by atoms with Gasteiger partial charge in [-0.15, -0.1) is 0 Å². The van der Waals surface area contributed by atoms with E-state index in [9.17, 15) is 0 Å². The molecule has 0 amide bonds. The maximum absolute atomic E-state index is 5.89. The van der Waals surface area contributed by atoms with Crippen LogP contribution >= 0.6 is 11.6 Å². The van der Waals surface area contributed by atoms with Crippen molar-refractivity contribution in [2.75, 3.05) is 0 Å². The van der Waals surface area contributed by atoms with Crippen LogP contribution in [-0.4, -0.2) is 0 Å². The minimum atomic E-state index is 0.346. The van der Waals surface area contributed by atoms with Crippen LogP contribution in [0.1, 0.15) is 31.9 Å². The van der Waals surface area contributed by atoms with Crippen LogP contribution in [0.2, 0.25) is 5.02 Å². The highest BCUT2D eigenvalue weighted by Gasteiger charge is 2.12. The Morgan fingerprint density at radius 2 is 1.85 bits per heavy atom. The van der Waals surface area contributed by atoms with E-state index in [1.807, 2.05) is 12.1 Å². The maximum Gasteiger partial charge on any atom is 0.0408 e. The molecule has 72 valence electrons. The first-order chi connectivity index (χ1) is 5.88. The van der Waals surface area contributed by atoms with Gasteiger partial charge in [0.1, 0.15) is 0 Å². The van der Waals surface area contributed by atoms with Gasteiger partial charge in [0.2, 0.25) is 0 Å². The standard InChI is InChI=1S/C12H17Cl/c1-9-7-11(13)6-5-10(9)8-12(2,3)4/h5-7H,8H2,1-4H3. The molecule has 0 N–H and O–H groups in total. The maximum atomic E-state index is 5.89. The predicted octanol–water partition coefficient (Wildman–Crippen LogP) is 4.24. The van der Waals surface area contributed by atoms with Gasteiger partial charge >= 0.3 is 0 Å². The van der Waals surface area contributed by atoms with E-state index in [0.29, 0.717) is 5.41 Å². The lowest BCUT2D eigenvalue weighted by molar-refractivity contribution is 0.410. The van der Waals surface area contributed by atoms with Crippen LogP contribution < -0.4 is 0 Å². The SMILES string of the molecule is Cc1cc(Cl)ccc1CC(C)(C)C. The molecule has 13 heavy (non-hydrogen) atoms. The van der Waals surface area contributed by atoms with Crippen LogP contribution in [0.4, 0.5) is 0 Å². The van der Waals surface area contributed by atoms with Gasteiger partial charge < -0.3 is 0 Å². The largest absolute Gasteiger partial charge is 0.0843 e. The van der Waals surface area contributed by atoms with E-state index in [4.69, 9.17) is 11.6 Å². The fraction of sp³-hybridized carbons (Fsp3) is 0.500. The minimum Gasteiger partial charge on any atom is -0.0843 e. The summed E-state index contributed by atoms with van der Waals surface area (Å²) in [6, 6.07) is 6.13. The van der Waals surface area contributed by atoms with Crippen LogP contribution in [0.5, 0.6) is 0 Å². The smallest absolute Gasteiger partial charge is 0.0408 e. The lowest BCUT2D eigenvalue weighted by Crippen LogP contribution is -2.10. The van der Waals surface area contributed by atoms with E-state index in [1.54, 1.807) is 0 Å². The zero-order valence-corrected chi connectivity index (χ0v) is 9.57. The molecule has 0 radical (unpaired) electrons. The van der Waals surface area contributed by atoms with Crippen molar-refractivity contribution in [2.45, 2.75) is 34.1 Å². The highest BCUT2D eigenvalue weighted by molar-refractivity contribution is 6.30. The van der Waals surface area contributed by atoms with E-state index >= 15 is 0 Å². The summed E-state index contributed by atoms with van der Waals surface area (Å²) in [6.45, 7) is 8.87. The topological polar surface area (TPSA) is 0 Å². The Hall–Kier alpha value is -0.490. The fourth-order valence-electron chi connectivity index (χ4n) is 1.43. The predicted molar refractivity (Wildman–Crippen MR) is 59.3 cm³/mol. The molecule has 0 saturated carbocycles. The Morgan fingerprint density at radius 1 is 1.23 bits per heavy atom. The van der Waals surface area contributed by atoms with Crippen LogP contribution in [0.25, 0.3) is 0 Å². The lowest BCUT2D eigenvalue weighted by atomic mass is 9.86. The molecule has 0 saturated heterocycles. The first-order valence-electron chi connectivity index (χ1n) is 4.63. The molecular weight excluding hydrogens is 180 g/mol. The zero-order valence-electron chi connectivity index (χ0n) is 8.82. The first-order valence-corrected chi connectivity index (χ1v) is 5.01. The van der Waals surface area contributed by atoms with Crippen molar-refractivity contribution < 1.29 is 0 Å². The number of aryl methyl sites for hydroxylation is 1. The normalized spacial score (nSPS) is 11.8. The van der Waals surface area contributed by atoms with Crippen molar-refractivity contribution in [2.24, 2.45) is 5.41 Å². The molecule has 0 aliphatic rings. The third kappa shape index (κ3) is 3.40. The Balaban J connectivity index is 2.90. The molecular formula is C12H17Cl. The van der Waals surface area contributed by atoms with E-state index in [-0.39, 0.29) is 0 Å². The van der Waals surface area contributed by atoms with Gasteiger partial charge in [-0.05, 0) is 42.0 Å². The molecule has 1 aromatic rings. The summed E-state index contributed by atoms with van der Waals surface area (Å²) in [4.78, 5) is 0. The molecule has 0 atom stereocenters. The van der Waals surface area contributed by atoms with Crippen LogP contribution in [0, 0.1) is 12.3 Å². The molecule has 0 heterocycles. The fourth-order valence-corrected chi connectivity index (χ4v) is 1.66. The van der Waals surface area contributed by atoms with Crippen molar-refractivity contribution in [1.82, 2.24) is 0 Å². The van der Waals surface area contributed by atoms with Gasteiger partial charge in [0.25, 0.3) is 0 Å². The quantitative estimate of drug-likeness (QED) is 0.631. The molecule has 1 heteroatoms. The summed E-state index contributed by atoms with van der Waals surface area (Å²) >= 11 is 5.89. The number of benzene rings is 1. The molecule has 0 aromatic heterocycles. The van der Waals surface area contributed by atoms with Crippen molar-refractivity contribution in [1.29, 1.82) is 0 Å². The van der Waals surface area contributed by atoms with Crippen LogP contribution in [0.15, 0.2) is 18.2 Å². The third-order valence-corrected chi connectivity index (χ3v) is 2.26. The second-order valence-corrected chi connectivity index (χ2v) is 5.24. The van der Waals surface area contributed by atoms with Crippen molar-refractivity contribution in [3.8, 4) is 0 Å². The van der Waals surface area contributed by atoms with Gasteiger partial charge in [-0.3, -0.25) is 0 Å². The van der Waals surface area contributed by atoms with Gasteiger partial charge in [0.05, 0.1) is 0 Å². The Bertz CT molecular complexity index is 294. The molecule has 0 fully saturated rings. The van der Waals surface area contributed by atoms with Gasteiger partial charge in [-0.25, -0.2) is 0 Å². The molecule has 0 nitrogen and oxygen atoms in total. The second-order valence-electron chi connectivity index (χ2n) is 4.81. The highest BCUT2D eigenvalue weighted by atomic mass is 35.5. The zero-order chi connectivity index (χ0) is 10.1. The average molecular weight is 197 g/mol. The summed E-state index contributed by atoms with van der Waals surface area (Å²) in [6.07, 6.45) is 1.11. The van der Waals surface area contributed by atoms with Gasteiger partial charge in [0, 0.05) is 5.02 Å². The number of hydrogen-bond donors (Lipinski definition) is 0. The average Bonchev–Trinajstić information content (AvgIpc) is 1.93. The Morgan fingerprint density at radius 3 is 2.31 bits per heavy atom. The molecule has 0 spiro atoms. The van der Waals surface area contributed by atoms with Crippen molar-refractivity contribution >= 4 is 11.6 Å². The highest BCUT2D eigenvalue weighted by Crippen LogP contribution is 2.24. The molecule has 1 aromatic carbocycles. The number of rotatable bonds is 1. The Kier molecular flexibility index (Phi) is 3.02. The summed E-state index contributed by atoms with van der Waals surface area (Å²) in [5, 5.41) is 0.829. The van der Waals surface area contributed by atoms with Crippen LogP contribution in [0.3, 0.4) is 0 Å². The third-order valence-electron chi connectivity index (χ3n) is 2.03. The molecule has 0 unspecified atom stereocenters. The van der Waals surface area contributed by atoms with Gasteiger partial charge in [0.15, 0.2) is 0 Å². The second kappa shape index (κ2) is 3.71. The summed E-state index contributed by atoms with van der Waals surface area (Å²) in [5.41, 5.74) is 3.04. The number of hydrogen-bond acceptors (Lipinski definition) is 0. The minimum absolute atomic E-state index is 0.346. The monoisotopic (exact) mass is 196 g/mol. The summed E-state index contributed by atoms with van der Waals surface area (Å²) in [5.74, 6) is 0. The number of halogens is 1. The lowest BCUT2D eigenvalue weighted by Gasteiger charge is -2.19. The first kappa shape index (κ1) is 10.6. The van der Waals surface area contributed by atoms with Gasteiger partial charge in [-0.1, -0.05) is 38.4 Å². The molecule has 0 bridgehead atoms. The Labute approximate surface area is 85.9 Å². The van der Waals surface area contributed by atoms with Crippen LogP contribution in [-0.2, 0) is 6.42 Å². The van der Waals surface area contributed by atoms with Crippen molar-refractivity contribution in [3.63, 3.8) is 0 Å². The van der Waals surface area contributed by atoms with Gasteiger partial charge in [-0.2, -0.15) is 0 Å². The van der Waals surface area contributed by atoms with E-state index < -0.39 is 0 Å². The van der Waals surface area contributed by atoms with Crippen molar-refractivity contribution in [3.05, 3.63) is 34.3 Å². The molecule has 0 aliphatic carbocycles. The molecule has 0 aliphatic heterocycles.